The van der Waals surface area contributed by atoms with Crippen LogP contribution in [-0.4, -0.2) is 62.1 Å². The predicted molar refractivity (Wildman–Crippen MR) is 101 cm³/mol. The molecule has 0 radical (unpaired) electrons. The Hall–Kier alpha value is -1.63. The van der Waals surface area contributed by atoms with E-state index in [9.17, 15) is 14.4 Å². The second kappa shape index (κ2) is 8.01. The summed E-state index contributed by atoms with van der Waals surface area (Å²) in [6, 6.07) is -0.535. The molecule has 2 amide bonds. The Kier molecular flexibility index (Phi) is 5.63. The van der Waals surface area contributed by atoms with Gasteiger partial charge in [0.25, 0.3) is 5.91 Å². The van der Waals surface area contributed by atoms with E-state index < -0.39 is 12.0 Å². The summed E-state index contributed by atoms with van der Waals surface area (Å²) in [4.78, 5) is 39.7. The van der Waals surface area contributed by atoms with Crippen LogP contribution >= 0.6 is 0 Å². The summed E-state index contributed by atoms with van der Waals surface area (Å²) in [6.07, 6.45) is 8.30. The van der Waals surface area contributed by atoms with Gasteiger partial charge in [-0.2, -0.15) is 0 Å². The van der Waals surface area contributed by atoms with Crippen molar-refractivity contribution in [3.63, 3.8) is 0 Å². The van der Waals surface area contributed by atoms with Crippen molar-refractivity contribution >= 4 is 17.8 Å². The zero-order chi connectivity index (χ0) is 19.7. The monoisotopic (exact) mass is 392 g/mol. The van der Waals surface area contributed by atoms with E-state index in [0.29, 0.717) is 43.9 Å². The maximum Gasteiger partial charge on any atom is 0.329 e. The van der Waals surface area contributed by atoms with Crippen LogP contribution in [0.25, 0.3) is 0 Å². The molecule has 0 aromatic heterocycles. The number of esters is 1. The van der Waals surface area contributed by atoms with Crippen LogP contribution in [0.15, 0.2) is 0 Å². The predicted octanol–water partition coefficient (Wildman–Crippen LogP) is 1.50. The van der Waals surface area contributed by atoms with Gasteiger partial charge in [0.1, 0.15) is 6.04 Å². The summed E-state index contributed by atoms with van der Waals surface area (Å²) in [5.41, 5.74) is -0.241. The van der Waals surface area contributed by atoms with Crippen LogP contribution in [0.1, 0.15) is 51.4 Å². The number of rotatable bonds is 7. The average Bonchev–Trinajstić information content (AvgIpc) is 3.14. The summed E-state index contributed by atoms with van der Waals surface area (Å²) in [7, 11) is 1.56. The molecular weight excluding hydrogens is 360 g/mol. The number of hydrogen-bond acceptors (Lipinski definition) is 5. The van der Waals surface area contributed by atoms with E-state index >= 15 is 0 Å². The van der Waals surface area contributed by atoms with E-state index in [0.717, 1.165) is 25.7 Å². The van der Waals surface area contributed by atoms with Crippen molar-refractivity contribution in [2.75, 3.05) is 33.4 Å². The molecule has 0 spiro atoms. The van der Waals surface area contributed by atoms with Gasteiger partial charge in [-0.25, -0.2) is 4.79 Å². The molecule has 4 aliphatic carbocycles. The van der Waals surface area contributed by atoms with Gasteiger partial charge in [0.15, 0.2) is 6.61 Å². The van der Waals surface area contributed by atoms with Crippen LogP contribution in [0, 0.1) is 23.2 Å². The molecular formula is C21H32N2O5. The third kappa shape index (κ3) is 3.78. The summed E-state index contributed by atoms with van der Waals surface area (Å²) < 4.78 is 10.1. The molecule has 7 nitrogen and oxygen atoms in total. The lowest BCUT2D eigenvalue weighted by Crippen LogP contribution is -2.56. The van der Waals surface area contributed by atoms with Gasteiger partial charge in [-0.15, -0.1) is 0 Å². The zero-order valence-electron chi connectivity index (χ0n) is 16.8. The van der Waals surface area contributed by atoms with Crippen LogP contribution in [0.3, 0.4) is 0 Å². The molecule has 0 aromatic rings. The van der Waals surface area contributed by atoms with Crippen LogP contribution < -0.4 is 5.32 Å². The number of nitrogens with one attached hydrogen (secondary N) is 1. The molecule has 1 aliphatic heterocycles. The quantitative estimate of drug-likeness (QED) is 0.524. The first kappa shape index (κ1) is 19.7. The van der Waals surface area contributed by atoms with Gasteiger partial charge in [-0.3, -0.25) is 9.59 Å². The lowest BCUT2D eigenvalue weighted by atomic mass is 9.49. The highest BCUT2D eigenvalue weighted by molar-refractivity contribution is 5.90. The van der Waals surface area contributed by atoms with Crippen LogP contribution in [0.2, 0.25) is 0 Å². The molecule has 1 saturated heterocycles. The van der Waals surface area contributed by atoms with Gasteiger partial charge in [0.2, 0.25) is 5.91 Å². The van der Waals surface area contributed by atoms with E-state index in [1.165, 1.54) is 19.3 Å². The Morgan fingerprint density at radius 1 is 1.07 bits per heavy atom. The SMILES string of the molecule is COCCNC(=O)COC(=O)[C@H]1CCCN1C(=O)C12CC3CC(CC(C3)C1)C2. The molecule has 5 rings (SSSR count). The van der Waals surface area contributed by atoms with Crippen molar-refractivity contribution in [1.82, 2.24) is 10.2 Å². The van der Waals surface area contributed by atoms with Crippen LogP contribution in [-0.2, 0) is 23.9 Å². The Bertz CT molecular complexity index is 599. The van der Waals surface area contributed by atoms with E-state index in [1.807, 2.05) is 0 Å². The van der Waals surface area contributed by atoms with Gasteiger partial charge in [0.05, 0.1) is 12.0 Å². The van der Waals surface area contributed by atoms with Crippen molar-refractivity contribution in [2.45, 2.75) is 57.4 Å². The lowest BCUT2D eigenvalue weighted by molar-refractivity contribution is -0.166. The molecule has 28 heavy (non-hydrogen) atoms. The fourth-order valence-corrected chi connectivity index (χ4v) is 6.51. The minimum absolute atomic E-state index is 0.176. The van der Waals surface area contributed by atoms with Crippen molar-refractivity contribution in [3.05, 3.63) is 0 Å². The van der Waals surface area contributed by atoms with Gasteiger partial charge in [-0.05, 0) is 69.1 Å². The fourth-order valence-electron chi connectivity index (χ4n) is 6.51. The topological polar surface area (TPSA) is 84.9 Å². The number of ether oxygens (including phenoxy) is 2. The molecule has 0 unspecified atom stereocenters. The molecule has 4 saturated carbocycles. The summed E-state index contributed by atoms with van der Waals surface area (Å²) in [5, 5.41) is 2.63. The first-order chi connectivity index (χ1) is 13.5. The van der Waals surface area contributed by atoms with Crippen molar-refractivity contribution in [2.24, 2.45) is 23.2 Å². The number of hydrogen-bond donors (Lipinski definition) is 1. The first-order valence-electron chi connectivity index (χ1n) is 10.7. The Morgan fingerprint density at radius 2 is 1.71 bits per heavy atom. The highest BCUT2D eigenvalue weighted by Crippen LogP contribution is 2.60. The minimum atomic E-state index is -0.535. The van der Waals surface area contributed by atoms with Crippen LogP contribution in [0.5, 0.6) is 0 Å². The third-order valence-electron chi connectivity index (χ3n) is 7.25. The third-order valence-corrected chi connectivity index (χ3v) is 7.25. The largest absolute Gasteiger partial charge is 0.454 e. The molecule has 5 fully saturated rings. The summed E-state index contributed by atoms with van der Waals surface area (Å²) in [5.74, 6) is 1.47. The summed E-state index contributed by atoms with van der Waals surface area (Å²) in [6.45, 7) is 1.11. The number of nitrogens with zero attached hydrogens (tertiary/aromatic N) is 1. The van der Waals surface area contributed by atoms with Gasteiger partial charge in [-0.1, -0.05) is 0 Å². The molecule has 156 valence electrons. The maximum atomic E-state index is 13.6. The van der Waals surface area contributed by atoms with Gasteiger partial charge in [0, 0.05) is 20.2 Å². The number of methoxy groups -OCH3 is 1. The Morgan fingerprint density at radius 3 is 2.32 bits per heavy atom. The smallest absolute Gasteiger partial charge is 0.329 e. The molecule has 1 N–H and O–H groups in total. The summed E-state index contributed by atoms with van der Waals surface area (Å²) >= 11 is 0. The molecule has 5 aliphatic rings. The Labute approximate surface area is 166 Å². The van der Waals surface area contributed by atoms with Gasteiger partial charge >= 0.3 is 5.97 Å². The van der Waals surface area contributed by atoms with Crippen molar-refractivity contribution in [3.8, 4) is 0 Å². The average molecular weight is 392 g/mol. The molecule has 1 atom stereocenters. The van der Waals surface area contributed by atoms with Crippen molar-refractivity contribution in [1.29, 1.82) is 0 Å². The molecule has 4 bridgehead atoms. The van der Waals surface area contributed by atoms with E-state index in [-0.39, 0.29) is 23.8 Å². The highest BCUT2D eigenvalue weighted by atomic mass is 16.5. The molecule has 0 aromatic carbocycles. The fraction of sp³-hybridized carbons (Fsp3) is 0.857. The minimum Gasteiger partial charge on any atom is -0.454 e. The number of carbonyl (C=O) groups is 3. The first-order valence-corrected chi connectivity index (χ1v) is 10.7. The highest BCUT2D eigenvalue weighted by Gasteiger charge is 2.56. The Balaban J connectivity index is 1.35. The van der Waals surface area contributed by atoms with Crippen LogP contribution in [0.4, 0.5) is 0 Å². The standard InChI is InChI=1S/C21H32N2O5/c1-27-6-4-22-18(24)13-28-19(25)17-3-2-5-23(17)20(26)21-10-14-7-15(11-21)9-16(8-14)12-21/h14-17H,2-13H2,1H3,(H,22,24)/t14?,15?,16?,17-,21?/m1/s1. The van der Waals surface area contributed by atoms with E-state index in [1.54, 1.807) is 12.0 Å². The number of amides is 2. The second-order valence-electron chi connectivity index (χ2n) is 9.30. The maximum absolute atomic E-state index is 13.6. The molecule has 1 heterocycles. The van der Waals surface area contributed by atoms with E-state index in [4.69, 9.17) is 9.47 Å². The zero-order valence-corrected chi connectivity index (χ0v) is 16.8. The molecule has 7 heteroatoms. The van der Waals surface area contributed by atoms with Gasteiger partial charge < -0.3 is 19.7 Å². The number of likely N-dealkylation sites (tertiary alicyclic amines) is 1. The normalized spacial score (nSPS) is 35.8. The second-order valence-corrected chi connectivity index (χ2v) is 9.30. The van der Waals surface area contributed by atoms with E-state index in [2.05, 4.69) is 5.32 Å². The number of carbonyl (C=O) groups excluding carboxylic acids is 3. The lowest BCUT2D eigenvalue weighted by Gasteiger charge is -2.56. The van der Waals surface area contributed by atoms with Crippen molar-refractivity contribution < 1.29 is 23.9 Å².